The van der Waals surface area contributed by atoms with Crippen LogP contribution in [0.1, 0.15) is 16.1 Å². The van der Waals surface area contributed by atoms with E-state index in [4.69, 9.17) is 21.4 Å². The minimum absolute atomic E-state index is 0.247. The molecule has 0 bridgehead atoms. The summed E-state index contributed by atoms with van der Waals surface area (Å²) >= 11 is 0. The molecule has 0 fully saturated rings. The zero-order valence-electron chi connectivity index (χ0n) is 15.0. The first kappa shape index (κ1) is 21.4. The van der Waals surface area contributed by atoms with E-state index in [0.717, 1.165) is 22.3 Å². The molecule has 3 rings (SSSR count). The van der Waals surface area contributed by atoms with Crippen LogP contribution in [0, 0.1) is 6.92 Å². The molecular weight excluding hydrogens is 391 g/mol. The number of carbonyl (C=O) groups is 2. The number of alkyl halides is 3. The van der Waals surface area contributed by atoms with Crippen molar-refractivity contribution in [3.8, 4) is 5.69 Å². The number of amides is 1. The Hall–Kier alpha value is -3.89. The third-order valence-electron chi connectivity index (χ3n) is 3.51. The summed E-state index contributed by atoms with van der Waals surface area (Å²) in [4.78, 5) is 28.8. The van der Waals surface area contributed by atoms with E-state index < -0.39 is 18.1 Å². The van der Waals surface area contributed by atoms with E-state index in [9.17, 15) is 18.0 Å². The maximum atomic E-state index is 11.9. The predicted molar refractivity (Wildman–Crippen MR) is 99.6 cm³/mol. The molecule has 152 valence electrons. The van der Waals surface area contributed by atoms with Crippen LogP contribution in [0.2, 0.25) is 0 Å². The van der Waals surface area contributed by atoms with Crippen molar-refractivity contribution in [3.63, 3.8) is 0 Å². The van der Waals surface area contributed by atoms with Gasteiger partial charge in [0, 0.05) is 23.5 Å². The van der Waals surface area contributed by atoms with Crippen LogP contribution in [0.3, 0.4) is 0 Å². The Morgan fingerprint density at radius 3 is 2.38 bits per heavy atom. The van der Waals surface area contributed by atoms with E-state index in [0.29, 0.717) is 5.56 Å². The van der Waals surface area contributed by atoms with E-state index in [1.807, 2.05) is 41.8 Å². The van der Waals surface area contributed by atoms with Crippen LogP contribution >= 0.6 is 0 Å². The van der Waals surface area contributed by atoms with Gasteiger partial charge in [0.1, 0.15) is 0 Å². The topological polar surface area (TPSA) is 137 Å². The Kier molecular flexibility index (Phi) is 6.22. The number of para-hydroxylation sites is 1. The van der Waals surface area contributed by atoms with Gasteiger partial charge in [0.15, 0.2) is 5.96 Å². The number of aromatic nitrogens is 2. The Bertz CT molecular complexity index is 1090. The Labute approximate surface area is 162 Å². The van der Waals surface area contributed by atoms with E-state index in [1.54, 1.807) is 18.5 Å². The molecule has 5 N–H and O–H groups in total. The lowest BCUT2D eigenvalue weighted by molar-refractivity contribution is -0.192. The highest BCUT2D eigenvalue weighted by Crippen LogP contribution is 2.23. The lowest BCUT2D eigenvalue weighted by Crippen LogP contribution is -2.24. The Balaban J connectivity index is 0.000000370. The number of guanidine groups is 1. The summed E-state index contributed by atoms with van der Waals surface area (Å²) < 4.78 is 33.6. The number of carbonyl (C=O) groups excluding carboxylic acids is 1. The van der Waals surface area contributed by atoms with Gasteiger partial charge in [-0.2, -0.15) is 18.2 Å². The van der Waals surface area contributed by atoms with Crippen molar-refractivity contribution in [1.29, 1.82) is 0 Å². The molecule has 0 unspecified atom stereocenters. The molecule has 0 saturated carbocycles. The second-order valence-electron chi connectivity index (χ2n) is 5.75. The first-order valence-corrected chi connectivity index (χ1v) is 7.98. The number of hydrogen-bond donors (Lipinski definition) is 3. The summed E-state index contributed by atoms with van der Waals surface area (Å²) in [5, 5.41) is 8.13. The fourth-order valence-electron chi connectivity index (χ4n) is 2.35. The zero-order valence-corrected chi connectivity index (χ0v) is 15.0. The molecule has 1 aromatic carbocycles. The molecule has 11 heteroatoms. The van der Waals surface area contributed by atoms with Crippen LogP contribution in [0.4, 0.5) is 13.2 Å². The number of nitrogens with zero attached hydrogens (tertiary/aromatic N) is 3. The minimum atomic E-state index is -5.08. The number of aryl methyl sites for hydroxylation is 1. The molecule has 0 saturated heterocycles. The number of aliphatic carboxylic acids is 1. The molecule has 2 heterocycles. The van der Waals surface area contributed by atoms with Gasteiger partial charge in [-0.05, 0) is 25.1 Å². The maximum Gasteiger partial charge on any atom is 0.490 e. The Morgan fingerprint density at radius 1 is 1.17 bits per heavy atom. The van der Waals surface area contributed by atoms with Gasteiger partial charge in [-0.3, -0.25) is 9.78 Å². The summed E-state index contributed by atoms with van der Waals surface area (Å²) in [5.74, 6) is -3.47. The van der Waals surface area contributed by atoms with Crippen LogP contribution in [0.25, 0.3) is 16.6 Å². The molecule has 0 aliphatic carbocycles. The summed E-state index contributed by atoms with van der Waals surface area (Å²) in [6.07, 6.45) is -1.58. The molecule has 3 aromatic rings. The van der Waals surface area contributed by atoms with Gasteiger partial charge in [-0.25, -0.2) is 4.79 Å². The highest BCUT2D eigenvalue weighted by Gasteiger charge is 2.38. The van der Waals surface area contributed by atoms with Crippen LogP contribution < -0.4 is 11.5 Å². The van der Waals surface area contributed by atoms with E-state index in [1.165, 1.54) is 0 Å². The number of halogens is 3. The van der Waals surface area contributed by atoms with Gasteiger partial charge in [0.2, 0.25) is 0 Å². The van der Waals surface area contributed by atoms with Crippen LogP contribution in [0.15, 0.2) is 53.8 Å². The van der Waals surface area contributed by atoms with Gasteiger partial charge >= 0.3 is 12.1 Å². The van der Waals surface area contributed by atoms with Crippen molar-refractivity contribution in [1.82, 2.24) is 9.55 Å². The average Bonchev–Trinajstić information content (AvgIpc) is 3.10. The standard InChI is InChI=1S/C16H15N5O.C2HF3O2/c1-10-8-14(12-4-2-3-5-13(12)19-10)21-7-6-11(9-21)15(22)20-16(17)18;3-2(4,5)1(6)7/h2-9H,1H3,(H4,17,18,20,22);(H,6,7). The molecule has 0 radical (unpaired) electrons. The SMILES string of the molecule is Cc1cc(-n2ccc(C(=O)N=C(N)N)c2)c2ccccc2n1.O=C(O)C(F)(F)F. The smallest absolute Gasteiger partial charge is 0.475 e. The zero-order chi connectivity index (χ0) is 21.8. The number of fused-ring (bicyclic) bond motifs is 1. The number of nitrogens with two attached hydrogens (primary N) is 2. The predicted octanol–water partition coefficient (Wildman–Crippen LogP) is 2.38. The number of rotatable bonds is 2. The molecule has 8 nitrogen and oxygen atoms in total. The van der Waals surface area contributed by atoms with Gasteiger partial charge in [-0.1, -0.05) is 18.2 Å². The normalized spacial score (nSPS) is 10.8. The quantitative estimate of drug-likeness (QED) is 0.441. The van der Waals surface area contributed by atoms with E-state index in [-0.39, 0.29) is 5.96 Å². The first-order chi connectivity index (χ1) is 13.5. The summed E-state index contributed by atoms with van der Waals surface area (Å²) in [7, 11) is 0. The molecule has 2 aromatic heterocycles. The second-order valence-corrected chi connectivity index (χ2v) is 5.75. The van der Waals surface area contributed by atoms with Gasteiger partial charge in [-0.15, -0.1) is 0 Å². The van der Waals surface area contributed by atoms with Crippen molar-refractivity contribution >= 4 is 28.7 Å². The number of pyridine rings is 1. The van der Waals surface area contributed by atoms with Crippen LogP contribution in [0.5, 0.6) is 0 Å². The first-order valence-electron chi connectivity index (χ1n) is 7.98. The van der Waals surface area contributed by atoms with Gasteiger partial charge < -0.3 is 21.1 Å². The minimum Gasteiger partial charge on any atom is -0.475 e. The lowest BCUT2D eigenvalue weighted by Gasteiger charge is -2.08. The van der Waals surface area contributed by atoms with E-state index in [2.05, 4.69) is 9.98 Å². The van der Waals surface area contributed by atoms with Crippen molar-refractivity contribution in [2.24, 2.45) is 16.5 Å². The van der Waals surface area contributed by atoms with Crippen molar-refractivity contribution in [2.75, 3.05) is 0 Å². The molecule has 0 spiro atoms. The number of carboxylic acids is 1. The van der Waals surface area contributed by atoms with Crippen molar-refractivity contribution < 1.29 is 27.9 Å². The highest BCUT2D eigenvalue weighted by molar-refractivity contribution is 6.02. The third-order valence-corrected chi connectivity index (χ3v) is 3.51. The number of hydrogen-bond acceptors (Lipinski definition) is 3. The van der Waals surface area contributed by atoms with Crippen LogP contribution in [-0.4, -0.2) is 38.7 Å². The van der Waals surface area contributed by atoms with Gasteiger partial charge in [0.05, 0.1) is 16.8 Å². The van der Waals surface area contributed by atoms with Crippen LogP contribution in [-0.2, 0) is 4.79 Å². The lowest BCUT2D eigenvalue weighted by atomic mass is 10.1. The fraction of sp³-hybridized carbons (Fsp3) is 0.111. The molecule has 0 aliphatic rings. The molecule has 0 atom stereocenters. The third kappa shape index (κ3) is 5.54. The fourth-order valence-corrected chi connectivity index (χ4v) is 2.35. The Morgan fingerprint density at radius 2 is 1.79 bits per heavy atom. The second kappa shape index (κ2) is 8.42. The highest BCUT2D eigenvalue weighted by atomic mass is 19.4. The summed E-state index contributed by atoms with van der Waals surface area (Å²) in [6, 6.07) is 11.5. The summed E-state index contributed by atoms with van der Waals surface area (Å²) in [6.45, 7) is 1.94. The largest absolute Gasteiger partial charge is 0.490 e. The van der Waals surface area contributed by atoms with E-state index >= 15 is 0 Å². The number of carboxylic acid groups (broad SMARTS) is 1. The summed E-state index contributed by atoms with van der Waals surface area (Å²) in [5.41, 5.74) is 13.7. The van der Waals surface area contributed by atoms with Crippen molar-refractivity contribution in [3.05, 3.63) is 60.0 Å². The molecule has 29 heavy (non-hydrogen) atoms. The number of benzene rings is 1. The van der Waals surface area contributed by atoms with Crippen molar-refractivity contribution in [2.45, 2.75) is 13.1 Å². The number of aliphatic imine (C=N–C) groups is 1. The maximum absolute atomic E-state index is 11.9. The molecule has 1 amide bonds. The molecule has 0 aliphatic heterocycles. The van der Waals surface area contributed by atoms with Gasteiger partial charge in [0.25, 0.3) is 5.91 Å². The molecular formula is C18H16F3N5O3. The monoisotopic (exact) mass is 407 g/mol. The average molecular weight is 407 g/mol.